The van der Waals surface area contributed by atoms with Gasteiger partial charge < -0.3 is 9.64 Å². The van der Waals surface area contributed by atoms with E-state index in [4.69, 9.17) is 4.74 Å². The van der Waals surface area contributed by atoms with E-state index < -0.39 is 0 Å². The van der Waals surface area contributed by atoms with Crippen molar-refractivity contribution in [3.63, 3.8) is 0 Å². The zero-order valence-corrected chi connectivity index (χ0v) is 12.3. The quantitative estimate of drug-likeness (QED) is 0.867. The predicted octanol–water partition coefficient (Wildman–Crippen LogP) is 3.28. The molecule has 0 saturated carbocycles. The molecular weight excluding hydrogens is 270 g/mol. The number of anilines is 1. The van der Waals surface area contributed by atoms with E-state index in [2.05, 4.69) is 6.07 Å². The van der Waals surface area contributed by atoms with Crippen LogP contribution in [-0.4, -0.2) is 19.6 Å². The van der Waals surface area contributed by atoms with Crippen molar-refractivity contribution >= 4 is 22.9 Å². The highest BCUT2D eigenvalue weighted by Gasteiger charge is 2.25. The van der Waals surface area contributed by atoms with Gasteiger partial charge in [0.25, 0.3) is 0 Å². The van der Waals surface area contributed by atoms with Crippen LogP contribution in [0.4, 0.5) is 5.69 Å². The third-order valence-corrected chi connectivity index (χ3v) is 4.48. The smallest absolute Gasteiger partial charge is 0.232 e. The summed E-state index contributed by atoms with van der Waals surface area (Å²) in [7, 11) is 1.66. The molecule has 1 aromatic carbocycles. The molecule has 0 atom stereocenters. The number of para-hydroxylation sites is 1. The summed E-state index contributed by atoms with van der Waals surface area (Å²) in [5.74, 6) is 0.944. The molecule has 0 spiro atoms. The van der Waals surface area contributed by atoms with E-state index in [0.717, 1.165) is 35.7 Å². The molecule has 1 amide bonds. The Kier molecular flexibility index (Phi) is 3.74. The molecule has 1 aromatic heterocycles. The number of rotatable bonds is 3. The van der Waals surface area contributed by atoms with E-state index in [1.165, 1.54) is 5.56 Å². The van der Waals surface area contributed by atoms with Gasteiger partial charge in [-0.05, 0) is 35.9 Å². The largest absolute Gasteiger partial charge is 0.495 e. The average molecular weight is 287 g/mol. The van der Waals surface area contributed by atoms with Gasteiger partial charge in [-0.25, -0.2) is 0 Å². The fourth-order valence-electron chi connectivity index (χ4n) is 2.69. The first-order valence-corrected chi connectivity index (χ1v) is 7.66. The number of fused-ring (bicyclic) bond motifs is 1. The molecule has 104 valence electrons. The lowest BCUT2D eigenvalue weighted by atomic mass is 10.0. The van der Waals surface area contributed by atoms with E-state index in [-0.39, 0.29) is 5.91 Å². The van der Waals surface area contributed by atoms with Gasteiger partial charge in [0.05, 0.1) is 19.2 Å². The minimum Gasteiger partial charge on any atom is -0.495 e. The maximum absolute atomic E-state index is 12.6. The minimum atomic E-state index is 0.151. The van der Waals surface area contributed by atoms with Crippen molar-refractivity contribution in [1.29, 1.82) is 0 Å². The summed E-state index contributed by atoms with van der Waals surface area (Å²) in [5, 5.41) is 2.01. The van der Waals surface area contributed by atoms with Crippen LogP contribution >= 0.6 is 11.3 Å². The van der Waals surface area contributed by atoms with Gasteiger partial charge in [-0.1, -0.05) is 18.2 Å². The van der Waals surface area contributed by atoms with Crippen molar-refractivity contribution in [3.05, 3.63) is 46.2 Å². The van der Waals surface area contributed by atoms with Crippen molar-refractivity contribution in [3.8, 4) is 5.75 Å². The molecule has 0 aliphatic carbocycles. The molecule has 20 heavy (non-hydrogen) atoms. The molecule has 2 aromatic rings. The van der Waals surface area contributed by atoms with Crippen LogP contribution in [0.5, 0.6) is 5.75 Å². The van der Waals surface area contributed by atoms with Crippen molar-refractivity contribution in [2.24, 2.45) is 0 Å². The monoisotopic (exact) mass is 287 g/mol. The Hall–Kier alpha value is -1.81. The molecule has 3 rings (SSSR count). The molecule has 2 heterocycles. The molecule has 0 unspecified atom stereocenters. The lowest BCUT2D eigenvalue weighted by Crippen LogP contribution is -2.36. The summed E-state index contributed by atoms with van der Waals surface area (Å²) in [5.41, 5.74) is 2.16. The van der Waals surface area contributed by atoms with E-state index in [9.17, 15) is 4.79 Å². The molecule has 4 heteroatoms. The topological polar surface area (TPSA) is 29.5 Å². The van der Waals surface area contributed by atoms with E-state index >= 15 is 0 Å². The third kappa shape index (κ3) is 2.43. The first kappa shape index (κ1) is 13.2. The molecule has 3 nitrogen and oxygen atoms in total. The van der Waals surface area contributed by atoms with Crippen LogP contribution in [0.15, 0.2) is 35.7 Å². The number of nitrogens with zero attached hydrogens (tertiary/aromatic N) is 1. The van der Waals surface area contributed by atoms with Gasteiger partial charge in [-0.2, -0.15) is 0 Å². The predicted molar refractivity (Wildman–Crippen MR) is 81.7 cm³/mol. The average Bonchev–Trinajstić information content (AvgIpc) is 2.98. The highest BCUT2D eigenvalue weighted by Crippen LogP contribution is 2.36. The molecule has 0 N–H and O–H groups in total. The Balaban J connectivity index is 1.91. The van der Waals surface area contributed by atoms with E-state index in [1.54, 1.807) is 18.4 Å². The van der Waals surface area contributed by atoms with Crippen LogP contribution in [0.1, 0.15) is 16.9 Å². The second kappa shape index (κ2) is 5.67. The number of amides is 1. The number of hydrogen-bond acceptors (Lipinski definition) is 3. The van der Waals surface area contributed by atoms with Crippen molar-refractivity contribution < 1.29 is 9.53 Å². The highest BCUT2D eigenvalue weighted by molar-refractivity contribution is 7.10. The molecule has 0 bridgehead atoms. The molecular formula is C16H17NO2S. The molecule has 0 fully saturated rings. The van der Waals surface area contributed by atoms with Crippen LogP contribution in [0.25, 0.3) is 0 Å². The van der Waals surface area contributed by atoms with Gasteiger partial charge in [-0.3, -0.25) is 4.79 Å². The van der Waals surface area contributed by atoms with E-state index in [1.807, 2.05) is 34.5 Å². The summed E-state index contributed by atoms with van der Waals surface area (Å²) in [6, 6.07) is 10.00. The summed E-state index contributed by atoms with van der Waals surface area (Å²) in [6.45, 7) is 0.775. The number of carbonyl (C=O) groups excluding carboxylic acids is 1. The number of carbonyl (C=O) groups is 1. The van der Waals surface area contributed by atoms with Gasteiger partial charge in [0.1, 0.15) is 5.75 Å². The lowest BCUT2D eigenvalue weighted by molar-refractivity contribution is -0.118. The van der Waals surface area contributed by atoms with Crippen LogP contribution in [-0.2, 0) is 17.6 Å². The van der Waals surface area contributed by atoms with Crippen molar-refractivity contribution in [1.82, 2.24) is 0 Å². The number of benzene rings is 1. The maximum atomic E-state index is 12.6. The number of hydrogen-bond donors (Lipinski definition) is 0. The zero-order valence-electron chi connectivity index (χ0n) is 11.5. The molecule has 1 aliphatic heterocycles. The first-order chi connectivity index (χ1) is 9.79. The van der Waals surface area contributed by atoms with Crippen LogP contribution in [0.3, 0.4) is 0 Å². The second-order valence-corrected chi connectivity index (χ2v) is 5.91. The Morgan fingerprint density at radius 3 is 3.00 bits per heavy atom. The highest BCUT2D eigenvalue weighted by atomic mass is 32.1. The lowest BCUT2D eigenvalue weighted by Gasteiger charge is -2.30. The van der Waals surface area contributed by atoms with Gasteiger partial charge in [-0.15, -0.1) is 11.3 Å². The van der Waals surface area contributed by atoms with Gasteiger partial charge in [0, 0.05) is 11.4 Å². The van der Waals surface area contributed by atoms with Gasteiger partial charge >= 0.3 is 0 Å². The fraction of sp³-hybridized carbons (Fsp3) is 0.312. The third-order valence-electron chi connectivity index (χ3n) is 3.61. The standard InChI is InChI=1S/C16H17NO2S/c1-19-14-8-2-5-12-6-3-9-17(16(12)14)15(18)11-13-7-4-10-20-13/h2,4-5,7-8,10H,3,6,9,11H2,1H3. The van der Waals surface area contributed by atoms with Crippen LogP contribution in [0, 0.1) is 0 Å². The van der Waals surface area contributed by atoms with Crippen molar-refractivity contribution in [2.45, 2.75) is 19.3 Å². The molecule has 0 radical (unpaired) electrons. The number of ether oxygens (including phenoxy) is 1. The maximum Gasteiger partial charge on any atom is 0.232 e. The summed E-state index contributed by atoms with van der Waals surface area (Å²) in [6.07, 6.45) is 2.49. The summed E-state index contributed by atoms with van der Waals surface area (Å²) < 4.78 is 5.44. The second-order valence-electron chi connectivity index (χ2n) is 4.87. The Morgan fingerprint density at radius 2 is 2.25 bits per heavy atom. The number of thiophene rings is 1. The molecule has 0 saturated heterocycles. The van der Waals surface area contributed by atoms with Crippen molar-refractivity contribution in [2.75, 3.05) is 18.6 Å². The van der Waals surface area contributed by atoms with E-state index in [0.29, 0.717) is 6.42 Å². The number of methoxy groups -OCH3 is 1. The summed E-state index contributed by atoms with van der Waals surface area (Å²) in [4.78, 5) is 15.6. The van der Waals surface area contributed by atoms with Gasteiger partial charge in [0.15, 0.2) is 0 Å². The number of aryl methyl sites for hydroxylation is 1. The normalized spacial score (nSPS) is 13.9. The zero-order chi connectivity index (χ0) is 13.9. The van der Waals surface area contributed by atoms with Crippen LogP contribution in [0.2, 0.25) is 0 Å². The Labute approximate surface area is 122 Å². The molecule has 1 aliphatic rings. The van der Waals surface area contributed by atoms with Crippen LogP contribution < -0.4 is 9.64 Å². The SMILES string of the molecule is COc1cccc2c1N(C(=O)Cc1cccs1)CCC2. The fourth-order valence-corrected chi connectivity index (χ4v) is 3.38. The summed E-state index contributed by atoms with van der Waals surface area (Å²) >= 11 is 1.63. The Bertz CT molecular complexity index is 593. The first-order valence-electron chi connectivity index (χ1n) is 6.78. The minimum absolute atomic E-state index is 0.151. The Morgan fingerprint density at radius 1 is 1.35 bits per heavy atom. The van der Waals surface area contributed by atoms with Gasteiger partial charge in [0.2, 0.25) is 5.91 Å².